The number of likely N-dealkylation sites (tertiary alicyclic amines) is 1. The van der Waals surface area contributed by atoms with Crippen LogP contribution in [0.25, 0.3) is 0 Å². The van der Waals surface area contributed by atoms with Crippen molar-refractivity contribution in [2.24, 2.45) is 5.41 Å². The van der Waals surface area contributed by atoms with E-state index in [0.717, 1.165) is 37.7 Å². The maximum absolute atomic E-state index is 13.2. The number of carbonyl (C=O) groups is 1. The van der Waals surface area contributed by atoms with Crippen molar-refractivity contribution in [2.45, 2.75) is 26.9 Å². The Morgan fingerprint density at radius 2 is 2.14 bits per heavy atom. The lowest BCUT2D eigenvalue weighted by atomic mass is 9.81. The molecule has 0 aromatic heterocycles. The van der Waals surface area contributed by atoms with E-state index in [4.69, 9.17) is 16.3 Å². The van der Waals surface area contributed by atoms with Crippen molar-refractivity contribution in [3.05, 3.63) is 46.8 Å². The monoisotopic (exact) mass is 416 g/mol. The Bertz CT molecular complexity index is 876. The maximum atomic E-state index is 13.2. The number of urea groups is 1. The zero-order chi connectivity index (χ0) is 20.8. The Labute approximate surface area is 177 Å². The second-order valence-electron chi connectivity index (χ2n) is 8.87. The molecule has 1 atom stereocenters. The van der Waals surface area contributed by atoms with Gasteiger partial charge in [-0.1, -0.05) is 30.2 Å². The summed E-state index contributed by atoms with van der Waals surface area (Å²) in [5, 5.41) is 4.06. The molecule has 0 spiro atoms. The molecule has 29 heavy (non-hydrogen) atoms. The van der Waals surface area contributed by atoms with Gasteiger partial charge in [0.1, 0.15) is 17.7 Å². The van der Waals surface area contributed by atoms with Crippen molar-refractivity contribution in [1.29, 1.82) is 0 Å². The summed E-state index contributed by atoms with van der Waals surface area (Å²) in [6.07, 6.45) is 4.22. The zero-order valence-electron chi connectivity index (χ0n) is 17.5. The van der Waals surface area contributed by atoms with E-state index in [1.165, 1.54) is 5.57 Å². The van der Waals surface area contributed by atoms with Gasteiger partial charge in [-0.05, 0) is 32.1 Å². The number of rotatable bonds is 3. The fraction of sp³-hybridized carbons (Fsp3) is 0.500. The third-order valence-corrected chi connectivity index (χ3v) is 5.97. The molecule has 6 nitrogen and oxygen atoms in total. The quantitative estimate of drug-likeness (QED) is 0.816. The van der Waals surface area contributed by atoms with Crippen LogP contribution in [0.3, 0.4) is 0 Å². The molecule has 4 rings (SSSR count). The number of carbonyl (C=O) groups excluding carboxylic acids is 1. The molecule has 2 amide bonds. The number of allylic oxidation sites excluding steroid dienone is 2. The maximum Gasteiger partial charge on any atom is 0.324 e. The van der Waals surface area contributed by atoms with E-state index >= 15 is 0 Å². The molecule has 7 heteroatoms. The first kappa shape index (κ1) is 20.0. The molecule has 0 saturated carbocycles. The number of fused-ring (bicyclic) bond motifs is 1. The minimum absolute atomic E-state index is 0.0393. The summed E-state index contributed by atoms with van der Waals surface area (Å²) in [4.78, 5) is 19.2. The lowest BCUT2D eigenvalue weighted by molar-refractivity contribution is 0.0278. The number of amides is 2. The Morgan fingerprint density at radius 3 is 2.83 bits per heavy atom. The van der Waals surface area contributed by atoms with Gasteiger partial charge in [-0.25, -0.2) is 4.79 Å². The highest BCUT2D eigenvalue weighted by molar-refractivity contribution is 6.30. The highest BCUT2D eigenvalue weighted by atomic mass is 35.5. The van der Waals surface area contributed by atoms with Crippen molar-refractivity contribution in [3.8, 4) is 5.75 Å². The fourth-order valence-electron chi connectivity index (χ4n) is 4.37. The molecule has 1 N–H and O–H groups in total. The number of anilines is 1. The number of nitrogens with one attached hydrogen (secondary N) is 1. The van der Waals surface area contributed by atoms with Crippen LogP contribution in [0.1, 0.15) is 20.8 Å². The van der Waals surface area contributed by atoms with E-state index < -0.39 is 0 Å². The van der Waals surface area contributed by atoms with Crippen LogP contribution < -0.4 is 15.0 Å². The van der Waals surface area contributed by atoms with Crippen LogP contribution in [-0.4, -0.2) is 61.7 Å². The normalized spacial score (nSPS) is 22.4. The Kier molecular flexibility index (Phi) is 5.15. The minimum Gasteiger partial charge on any atom is -0.487 e. The molecule has 0 aliphatic carbocycles. The largest absolute Gasteiger partial charge is 0.487 e. The van der Waals surface area contributed by atoms with Gasteiger partial charge in [0, 0.05) is 49.7 Å². The molecule has 0 radical (unpaired) electrons. The standard InChI is InChI=1S/C22H29ClN4O2/c1-15-5-8-20(24-10-15)25(4)12-22(3)13-26(14-22)21(28)27-11-16(2)29-19-9-17(23)6-7-18(19)27/h5-9,16,24H,10-14H2,1-4H3/t16-/m1/s1. The first-order chi connectivity index (χ1) is 13.7. The van der Waals surface area contributed by atoms with Gasteiger partial charge in [-0.2, -0.15) is 0 Å². The fourth-order valence-corrected chi connectivity index (χ4v) is 4.53. The molecule has 0 bridgehead atoms. The van der Waals surface area contributed by atoms with Crippen LogP contribution in [0.15, 0.2) is 41.7 Å². The average Bonchev–Trinajstić information content (AvgIpc) is 2.64. The summed E-state index contributed by atoms with van der Waals surface area (Å²) in [6.45, 7) is 10.1. The SMILES string of the molecule is CC1=CC=C(N(C)CC2(C)CN(C(=O)N3C[C@@H](C)Oc4cc(Cl)ccc43)C2)NC1. The Hall–Kier alpha value is -2.34. The van der Waals surface area contributed by atoms with E-state index in [1.54, 1.807) is 12.1 Å². The summed E-state index contributed by atoms with van der Waals surface area (Å²) in [5.41, 5.74) is 2.20. The van der Waals surface area contributed by atoms with E-state index in [0.29, 0.717) is 17.3 Å². The lowest BCUT2D eigenvalue weighted by Gasteiger charge is -2.51. The Balaban J connectivity index is 1.40. The molecular formula is C22H29ClN4O2. The molecule has 1 aromatic carbocycles. The van der Waals surface area contributed by atoms with Gasteiger partial charge in [-0.15, -0.1) is 0 Å². The number of halogens is 1. The minimum atomic E-state index is -0.0652. The zero-order valence-corrected chi connectivity index (χ0v) is 18.3. The average molecular weight is 417 g/mol. The third-order valence-electron chi connectivity index (χ3n) is 5.73. The van der Waals surface area contributed by atoms with Crippen molar-refractivity contribution in [3.63, 3.8) is 0 Å². The van der Waals surface area contributed by atoms with Crippen molar-refractivity contribution in [2.75, 3.05) is 44.7 Å². The van der Waals surface area contributed by atoms with Gasteiger partial charge in [-0.3, -0.25) is 4.90 Å². The highest BCUT2D eigenvalue weighted by Crippen LogP contribution is 2.38. The van der Waals surface area contributed by atoms with E-state index in [1.807, 2.05) is 22.8 Å². The topological polar surface area (TPSA) is 48.0 Å². The summed E-state index contributed by atoms with van der Waals surface area (Å²) in [6, 6.07) is 5.49. The van der Waals surface area contributed by atoms with Gasteiger partial charge in [0.05, 0.1) is 12.2 Å². The second kappa shape index (κ2) is 7.48. The smallest absolute Gasteiger partial charge is 0.324 e. The number of nitrogens with zero attached hydrogens (tertiary/aromatic N) is 3. The first-order valence-corrected chi connectivity index (χ1v) is 10.5. The number of ether oxygens (including phenoxy) is 1. The van der Waals surface area contributed by atoms with E-state index in [9.17, 15) is 4.79 Å². The van der Waals surface area contributed by atoms with Gasteiger partial charge < -0.3 is 19.9 Å². The molecule has 1 fully saturated rings. The molecule has 1 saturated heterocycles. The van der Waals surface area contributed by atoms with Crippen molar-refractivity contribution < 1.29 is 9.53 Å². The molecule has 3 aliphatic rings. The summed E-state index contributed by atoms with van der Waals surface area (Å²) < 4.78 is 5.87. The Morgan fingerprint density at radius 1 is 1.38 bits per heavy atom. The van der Waals surface area contributed by atoms with Crippen LogP contribution in [0.2, 0.25) is 5.02 Å². The van der Waals surface area contributed by atoms with E-state index in [-0.39, 0.29) is 17.6 Å². The van der Waals surface area contributed by atoms with Gasteiger partial charge in [0.2, 0.25) is 0 Å². The third kappa shape index (κ3) is 4.04. The van der Waals surface area contributed by atoms with E-state index in [2.05, 4.69) is 43.3 Å². The number of benzene rings is 1. The van der Waals surface area contributed by atoms with Gasteiger partial charge >= 0.3 is 6.03 Å². The molecule has 0 unspecified atom stereocenters. The summed E-state index contributed by atoms with van der Waals surface area (Å²) in [7, 11) is 2.10. The first-order valence-electron chi connectivity index (χ1n) is 10.1. The van der Waals surface area contributed by atoms with Crippen molar-refractivity contribution >= 4 is 23.3 Å². The number of hydrogen-bond donors (Lipinski definition) is 1. The summed E-state index contributed by atoms with van der Waals surface area (Å²) in [5.74, 6) is 1.81. The number of hydrogen-bond acceptors (Lipinski definition) is 4. The molecule has 3 heterocycles. The van der Waals surface area contributed by atoms with Gasteiger partial charge in [0.15, 0.2) is 0 Å². The number of dihydropyridines is 1. The van der Waals surface area contributed by atoms with Crippen LogP contribution in [0.4, 0.5) is 10.5 Å². The van der Waals surface area contributed by atoms with Crippen molar-refractivity contribution in [1.82, 2.24) is 15.1 Å². The molecule has 1 aromatic rings. The summed E-state index contributed by atoms with van der Waals surface area (Å²) >= 11 is 6.10. The highest BCUT2D eigenvalue weighted by Gasteiger charge is 2.44. The molecular weight excluding hydrogens is 388 g/mol. The van der Waals surface area contributed by atoms with Crippen LogP contribution >= 0.6 is 11.6 Å². The van der Waals surface area contributed by atoms with Gasteiger partial charge in [0.25, 0.3) is 0 Å². The van der Waals surface area contributed by atoms with Crippen LogP contribution in [0, 0.1) is 5.41 Å². The predicted octanol–water partition coefficient (Wildman–Crippen LogP) is 3.69. The molecule has 156 valence electrons. The second-order valence-corrected chi connectivity index (χ2v) is 9.31. The molecule has 3 aliphatic heterocycles. The lowest BCUT2D eigenvalue weighted by Crippen LogP contribution is -2.64. The van der Waals surface area contributed by atoms with Crippen LogP contribution in [-0.2, 0) is 0 Å². The predicted molar refractivity (Wildman–Crippen MR) is 116 cm³/mol. The van der Waals surface area contributed by atoms with Crippen LogP contribution in [0.5, 0.6) is 5.75 Å².